The summed E-state index contributed by atoms with van der Waals surface area (Å²) < 4.78 is 29.1. The Balaban J connectivity index is 2.75. The Kier molecular flexibility index (Phi) is 6.69. The van der Waals surface area contributed by atoms with E-state index in [1.54, 1.807) is 6.20 Å². The normalized spacial score (nSPS) is 12.8. The number of aromatic nitrogens is 2. The van der Waals surface area contributed by atoms with Crippen molar-refractivity contribution in [2.45, 2.75) is 58.5 Å². The van der Waals surface area contributed by atoms with E-state index in [-0.39, 0.29) is 10.4 Å². The number of rotatable bonds is 9. The zero-order valence-electron chi connectivity index (χ0n) is 13.3. The van der Waals surface area contributed by atoms with Gasteiger partial charge < -0.3 is 4.57 Å². The average molecular weight is 336 g/mol. The third kappa shape index (κ3) is 5.60. The van der Waals surface area contributed by atoms with Crippen molar-refractivity contribution >= 4 is 21.6 Å². The highest BCUT2D eigenvalue weighted by Crippen LogP contribution is 2.22. The van der Waals surface area contributed by atoms with Gasteiger partial charge in [-0.25, -0.2) is 18.1 Å². The fourth-order valence-electron chi connectivity index (χ4n) is 2.07. The second-order valence-corrected chi connectivity index (χ2v) is 8.19. The molecule has 0 bridgehead atoms. The molecular weight excluding hydrogens is 310 g/mol. The molecule has 1 aromatic rings. The molecule has 0 amide bonds. The molecule has 0 aliphatic heterocycles. The smallest absolute Gasteiger partial charge is 0.259 e. The summed E-state index contributed by atoms with van der Waals surface area (Å²) in [4.78, 5) is 4.16. The molecule has 1 aromatic heterocycles. The van der Waals surface area contributed by atoms with Gasteiger partial charge in [-0.1, -0.05) is 20.8 Å². The minimum Gasteiger partial charge on any atom is -0.334 e. The summed E-state index contributed by atoms with van der Waals surface area (Å²) in [6.07, 6.45) is 4.30. The Labute approximate surface area is 133 Å². The van der Waals surface area contributed by atoms with Gasteiger partial charge in [0.2, 0.25) is 0 Å². The Morgan fingerprint density at radius 1 is 1.43 bits per heavy atom. The molecule has 0 saturated carbocycles. The summed E-state index contributed by atoms with van der Waals surface area (Å²) in [5, 5.41) is 0.0987. The molecule has 1 N–H and O–H groups in total. The van der Waals surface area contributed by atoms with Gasteiger partial charge in [-0.2, -0.15) is 0 Å². The Bertz CT molecular complexity index is 553. The largest absolute Gasteiger partial charge is 0.334 e. The van der Waals surface area contributed by atoms with E-state index in [4.69, 9.17) is 11.6 Å². The van der Waals surface area contributed by atoms with E-state index in [1.807, 2.05) is 32.3 Å². The number of aryl methyl sites for hydroxylation is 2. The zero-order valence-corrected chi connectivity index (χ0v) is 14.9. The molecule has 0 aliphatic rings. The molecular formula is C14H26ClN3O2S. The van der Waals surface area contributed by atoms with Gasteiger partial charge >= 0.3 is 0 Å². The number of alkyl halides is 1. The van der Waals surface area contributed by atoms with E-state index < -0.39 is 10.0 Å². The van der Waals surface area contributed by atoms with Crippen molar-refractivity contribution in [3.05, 3.63) is 12.0 Å². The van der Waals surface area contributed by atoms with E-state index in [0.717, 1.165) is 31.6 Å². The molecule has 0 unspecified atom stereocenters. The van der Waals surface area contributed by atoms with Crippen molar-refractivity contribution in [2.24, 2.45) is 5.41 Å². The van der Waals surface area contributed by atoms with Crippen LogP contribution >= 0.6 is 11.6 Å². The summed E-state index contributed by atoms with van der Waals surface area (Å²) in [6, 6.07) is 0. The lowest BCUT2D eigenvalue weighted by Gasteiger charge is -2.24. The highest BCUT2D eigenvalue weighted by Gasteiger charge is 2.24. The summed E-state index contributed by atoms with van der Waals surface area (Å²) in [5.41, 5.74) is -0.122. The first-order chi connectivity index (χ1) is 9.72. The molecule has 0 saturated heterocycles. The molecule has 0 radical (unpaired) electrons. The topological polar surface area (TPSA) is 64.0 Å². The van der Waals surface area contributed by atoms with Crippen LogP contribution in [0.4, 0.5) is 0 Å². The molecule has 5 nitrogen and oxygen atoms in total. The molecule has 1 rings (SSSR count). The lowest BCUT2D eigenvalue weighted by Crippen LogP contribution is -2.34. The number of nitrogens with zero attached hydrogens (tertiary/aromatic N) is 2. The summed E-state index contributed by atoms with van der Waals surface area (Å²) in [7, 11) is -3.55. The minimum absolute atomic E-state index is 0.0987. The van der Waals surface area contributed by atoms with E-state index in [1.165, 1.54) is 0 Å². The van der Waals surface area contributed by atoms with Crippen molar-refractivity contribution in [2.75, 3.05) is 12.4 Å². The predicted octanol–water partition coefficient (Wildman–Crippen LogP) is 2.93. The number of sulfonamides is 1. The standard InChI is InChI=1S/C14H26ClN3O2S/c1-5-9-18-10-13(17-12(18)2)21(19,20)16-11-14(3,4)7-6-8-15/h10,16H,5-9,11H2,1-4H3. The van der Waals surface area contributed by atoms with Crippen LogP contribution in [0.1, 0.15) is 45.9 Å². The Hall–Kier alpha value is -0.590. The van der Waals surface area contributed by atoms with Crippen LogP contribution in [0.5, 0.6) is 0 Å². The van der Waals surface area contributed by atoms with Gasteiger partial charge in [-0.05, 0) is 31.6 Å². The van der Waals surface area contributed by atoms with Gasteiger partial charge in [0.25, 0.3) is 10.0 Å². The van der Waals surface area contributed by atoms with Crippen LogP contribution in [0, 0.1) is 12.3 Å². The van der Waals surface area contributed by atoms with Gasteiger partial charge in [-0.3, -0.25) is 0 Å². The van der Waals surface area contributed by atoms with Crippen molar-refractivity contribution in [3.63, 3.8) is 0 Å². The predicted molar refractivity (Wildman–Crippen MR) is 86.2 cm³/mol. The van der Waals surface area contributed by atoms with Crippen LogP contribution in [0.15, 0.2) is 11.2 Å². The second-order valence-electron chi connectivity index (χ2n) is 6.10. The first kappa shape index (κ1) is 18.5. The van der Waals surface area contributed by atoms with Crippen LogP contribution in [-0.2, 0) is 16.6 Å². The van der Waals surface area contributed by atoms with Crippen LogP contribution in [-0.4, -0.2) is 30.4 Å². The third-order valence-electron chi connectivity index (χ3n) is 3.42. The number of hydrogen-bond acceptors (Lipinski definition) is 3. The third-order valence-corrected chi connectivity index (χ3v) is 4.96. The van der Waals surface area contributed by atoms with Gasteiger partial charge in [0, 0.05) is 25.2 Å². The summed E-state index contributed by atoms with van der Waals surface area (Å²) >= 11 is 5.69. The van der Waals surface area contributed by atoms with Gasteiger partial charge in [0.15, 0.2) is 5.03 Å². The van der Waals surface area contributed by atoms with Crippen molar-refractivity contribution in [3.8, 4) is 0 Å². The lowest BCUT2D eigenvalue weighted by molar-refractivity contribution is 0.331. The van der Waals surface area contributed by atoms with Gasteiger partial charge in [0.05, 0.1) is 0 Å². The monoisotopic (exact) mass is 335 g/mol. The summed E-state index contributed by atoms with van der Waals surface area (Å²) in [5.74, 6) is 1.31. The zero-order chi connectivity index (χ0) is 16.1. The van der Waals surface area contributed by atoms with Crippen LogP contribution < -0.4 is 4.72 Å². The quantitative estimate of drug-likeness (QED) is 0.706. The molecule has 21 heavy (non-hydrogen) atoms. The second kappa shape index (κ2) is 7.61. The van der Waals surface area contributed by atoms with Gasteiger partial charge in [0.1, 0.15) is 5.82 Å². The highest BCUT2D eigenvalue weighted by molar-refractivity contribution is 7.89. The molecule has 1 heterocycles. The molecule has 0 aromatic carbocycles. The van der Waals surface area contributed by atoms with Crippen LogP contribution in [0.2, 0.25) is 0 Å². The Morgan fingerprint density at radius 2 is 2.10 bits per heavy atom. The minimum atomic E-state index is -3.55. The van der Waals surface area contributed by atoms with E-state index in [0.29, 0.717) is 12.4 Å². The maximum Gasteiger partial charge on any atom is 0.259 e. The average Bonchev–Trinajstić information content (AvgIpc) is 2.78. The fourth-order valence-corrected chi connectivity index (χ4v) is 3.45. The first-order valence-corrected chi connectivity index (χ1v) is 9.33. The van der Waals surface area contributed by atoms with E-state index in [2.05, 4.69) is 9.71 Å². The van der Waals surface area contributed by atoms with Gasteiger partial charge in [-0.15, -0.1) is 11.6 Å². The first-order valence-electron chi connectivity index (χ1n) is 7.31. The van der Waals surface area contributed by atoms with Crippen LogP contribution in [0.25, 0.3) is 0 Å². The number of nitrogens with one attached hydrogen (secondary N) is 1. The molecule has 0 spiro atoms. The SMILES string of the molecule is CCCn1cc(S(=O)(=O)NCC(C)(C)CCCCl)nc1C. The Morgan fingerprint density at radius 3 is 2.67 bits per heavy atom. The van der Waals surface area contributed by atoms with Crippen molar-refractivity contribution in [1.82, 2.24) is 14.3 Å². The lowest BCUT2D eigenvalue weighted by atomic mass is 9.88. The maximum absolute atomic E-state index is 12.3. The highest BCUT2D eigenvalue weighted by atomic mass is 35.5. The van der Waals surface area contributed by atoms with Crippen molar-refractivity contribution < 1.29 is 8.42 Å². The molecule has 0 atom stereocenters. The van der Waals surface area contributed by atoms with E-state index in [9.17, 15) is 8.42 Å². The number of hydrogen-bond donors (Lipinski definition) is 1. The number of imidazole rings is 1. The van der Waals surface area contributed by atoms with E-state index >= 15 is 0 Å². The van der Waals surface area contributed by atoms with Crippen molar-refractivity contribution in [1.29, 1.82) is 0 Å². The fraction of sp³-hybridized carbons (Fsp3) is 0.786. The van der Waals surface area contributed by atoms with Crippen LogP contribution in [0.3, 0.4) is 0 Å². The maximum atomic E-state index is 12.3. The molecule has 0 fully saturated rings. The number of halogens is 1. The molecule has 122 valence electrons. The molecule has 0 aliphatic carbocycles. The summed E-state index contributed by atoms with van der Waals surface area (Å²) in [6.45, 7) is 9.08. The molecule has 7 heteroatoms.